The van der Waals surface area contributed by atoms with E-state index >= 15 is 0 Å². The number of nitriles is 2. The molecule has 0 amide bonds. The molecule has 0 saturated carbocycles. The summed E-state index contributed by atoms with van der Waals surface area (Å²) in [7, 11) is 0. The zero-order valence-electron chi connectivity index (χ0n) is 14.0. The number of fused-ring (bicyclic) bond motifs is 1. The minimum absolute atomic E-state index is 0.543. The van der Waals surface area contributed by atoms with Crippen molar-refractivity contribution >= 4 is 22.6 Å². The van der Waals surface area contributed by atoms with Gasteiger partial charge in [-0.2, -0.15) is 10.5 Å². The third-order valence-corrected chi connectivity index (χ3v) is 4.30. The summed E-state index contributed by atoms with van der Waals surface area (Å²) in [5.41, 5.74) is 5.07. The summed E-state index contributed by atoms with van der Waals surface area (Å²) in [6.45, 7) is 6.60. The van der Waals surface area contributed by atoms with Gasteiger partial charge in [-0.3, -0.25) is 0 Å². The largest absolute Gasteiger partial charge is 0.340 e. The van der Waals surface area contributed by atoms with Crippen molar-refractivity contribution in [3.8, 4) is 12.1 Å². The van der Waals surface area contributed by atoms with Gasteiger partial charge >= 0.3 is 0 Å². The summed E-state index contributed by atoms with van der Waals surface area (Å²) < 4.78 is 2.19. The molecule has 0 saturated heterocycles. The molecule has 3 heteroatoms. The van der Waals surface area contributed by atoms with Crippen molar-refractivity contribution < 1.29 is 0 Å². The second-order valence-electron chi connectivity index (χ2n) is 5.78. The minimum Gasteiger partial charge on any atom is -0.340 e. The molecule has 120 valence electrons. The lowest BCUT2D eigenvalue weighted by molar-refractivity contribution is 0.828. The molecule has 0 fully saturated rings. The molecule has 0 unspecified atom stereocenters. The van der Waals surface area contributed by atoms with Crippen molar-refractivity contribution in [2.75, 3.05) is 0 Å². The molecule has 0 aliphatic rings. The van der Waals surface area contributed by atoms with E-state index < -0.39 is 0 Å². The molecule has 0 aliphatic heterocycles. The first-order valence-corrected chi connectivity index (χ1v) is 8.00. The van der Waals surface area contributed by atoms with Gasteiger partial charge in [-0.15, -0.1) is 6.58 Å². The zero-order valence-corrected chi connectivity index (χ0v) is 14.0. The van der Waals surface area contributed by atoms with Crippen molar-refractivity contribution in [2.45, 2.75) is 13.5 Å². The number of rotatable bonds is 4. The van der Waals surface area contributed by atoms with Crippen molar-refractivity contribution in [3.63, 3.8) is 0 Å². The van der Waals surface area contributed by atoms with Gasteiger partial charge in [0.2, 0.25) is 0 Å². The molecule has 0 spiro atoms. The van der Waals surface area contributed by atoms with Gasteiger partial charge in [-0.25, -0.2) is 0 Å². The average Bonchev–Trinajstić information content (AvgIpc) is 2.92. The highest BCUT2D eigenvalue weighted by molar-refractivity contribution is 5.99. The molecule has 2 aromatic carbocycles. The molecule has 3 aromatic rings. The second kappa shape index (κ2) is 6.91. The fourth-order valence-electron chi connectivity index (χ4n) is 3.09. The maximum absolute atomic E-state index is 9.65. The van der Waals surface area contributed by atoms with E-state index in [-0.39, 0.29) is 0 Å². The third kappa shape index (κ3) is 2.96. The number of nitrogens with zero attached hydrogens (tertiary/aromatic N) is 3. The topological polar surface area (TPSA) is 52.5 Å². The van der Waals surface area contributed by atoms with Crippen LogP contribution in [-0.4, -0.2) is 4.57 Å². The predicted octanol–water partition coefficient (Wildman–Crippen LogP) is 5.07. The highest BCUT2D eigenvalue weighted by atomic mass is 15.0. The normalized spacial score (nSPS) is 11.1. The number of allylic oxidation sites excluding steroid dienone is 2. The van der Waals surface area contributed by atoms with Gasteiger partial charge in [0.05, 0.1) is 23.3 Å². The van der Waals surface area contributed by atoms with Crippen LogP contribution in [0.5, 0.6) is 0 Å². The molecule has 1 aromatic heterocycles. The summed E-state index contributed by atoms with van der Waals surface area (Å²) in [5.74, 6) is 0. The molecule has 0 aliphatic carbocycles. The van der Waals surface area contributed by atoms with E-state index in [4.69, 9.17) is 5.26 Å². The summed E-state index contributed by atoms with van der Waals surface area (Å²) in [6, 6.07) is 19.7. The van der Waals surface area contributed by atoms with Crippen LogP contribution in [0.1, 0.15) is 22.4 Å². The number of benzene rings is 2. The Bertz CT molecular complexity index is 1070. The monoisotopic (exact) mass is 323 g/mol. The van der Waals surface area contributed by atoms with Crippen LogP contribution in [0, 0.1) is 29.6 Å². The number of para-hydroxylation sites is 1. The first kappa shape index (κ1) is 16.3. The van der Waals surface area contributed by atoms with E-state index in [9.17, 15) is 5.26 Å². The molecule has 3 nitrogen and oxygen atoms in total. The summed E-state index contributed by atoms with van der Waals surface area (Å²) in [4.78, 5) is 0. The standard InChI is InChI=1S/C22H17N3/c1-3-11-25-16(2)21(20-9-4-5-10-22(20)25)13-19(15-24)18-8-6-7-17(12-18)14-23/h3-10,12-13H,1,11H2,2H3. The van der Waals surface area contributed by atoms with Gasteiger partial charge in [-0.05, 0) is 36.8 Å². The lowest BCUT2D eigenvalue weighted by Gasteiger charge is -2.04. The third-order valence-electron chi connectivity index (χ3n) is 4.30. The van der Waals surface area contributed by atoms with E-state index in [1.807, 2.05) is 30.4 Å². The summed E-state index contributed by atoms with van der Waals surface area (Å²) >= 11 is 0. The van der Waals surface area contributed by atoms with Crippen LogP contribution in [0.2, 0.25) is 0 Å². The van der Waals surface area contributed by atoms with Crippen LogP contribution in [0.25, 0.3) is 22.6 Å². The van der Waals surface area contributed by atoms with Crippen molar-refractivity contribution in [3.05, 3.63) is 83.6 Å². The molecule has 3 rings (SSSR count). The van der Waals surface area contributed by atoms with Gasteiger partial charge in [-0.1, -0.05) is 36.4 Å². The highest BCUT2D eigenvalue weighted by Gasteiger charge is 2.13. The fourth-order valence-corrected chi connectivity index (χ4v) is 3.09. The van der Waals surface area contributed by atoms with Crippen LogP contribution in [0.15, 0.2) is 61.2 Å². The summed E-state index contributed by atoms with van der Waals surface area (Å²) in [5, 5.41) is 19.8. The van der Waals surface area contributed by atoms with Crippen LogP contribution in [-0.2, 0) is 6.54 Å². The van der Waals surface area contributed by atoms with E-state index in [1.165, 1.54) is 0 Å². The van der Waals surface area contributed by atoms with Crippen molar-refractivity contribution in [1.29, 1.82) is 10.5 Å². The van der Waals surface area contributed by atoms with Crippen LogP contribution >= 0.6 is 0 Å². The molecular formula is C22H17N3. The number of hydrogen-bond donors (Lipinski definition) is 0. The maximum Gasteiger partial charge on any atom is 0.0998 e. The Hall–Kier alpha value is -3.56. The van der Waals surface area contributed by atoms with Crippen molar-refractivity contribution in [1.82, 2.24) is 4.57 Å². The average molecular weight is 323 g/mol. The Morgan fingerprint density at radius 1 is 1.16 bits per heavy atom. The van der Waals surface area contributed by atoms with E-state index in [2.05, 4.69) is 42.3 Å². The fraction of sp³-hybridized carbons (Fsp3) is 0.0909. The lowest BCUT2D eigenvalue weighted by Crippen LogP contribution is -1.97. The van der Waals surface area contributed by atoms with E-state index in [1.54, 1.807) is 18.2 Å². The quantitative estimate of drug-likeness (QED) is 0.497. The van der Waals surface area contributed by atoms with Crippen LogP contribution in [0.4, 0.5) is 0 Å². The lowest BCUT2D eigenvalue weighted by atomic mass is 10.0. The molecule has 0 radical (unpaired) electrons. The van der Waals surface area contributed by atoms with Gasteiger partial charge in [0, 0.05) is 28.7 Å². The SMILES string of the molecule is C=CCn1c(C)c(C=C(C#N)c2cccc(C#N)c2)c2ccccc21. The van der Waals surface area contributed by atoms with Gasteiger partial charge in [0.15, 0.2) is 0 Å². The molecule has 0 atom stereocenters. The highest BCUT2D eigenvalue weighted by Crippen LogP contribution is 2.30. The van der Waals surface area contributed by atoms with E-state index in [0.29, 0.717) is 17.7 Å². The number of hydrogen-bond acceptors (Lipinski definition) is 2. The predicted molar refractivity (Wildman–Crippen MR) is 102 cm³/mol. The molecule has 0 N–H and O–H groups in total. The number of aromatic nitrogens is 1. The van der Waals surface area contributed by atoms with Crippen molar-refractivity contribution in [2.24, 2.45) is 0 Å². The smallest absolute Gasteiger partial charge is 0.0998 e. The molecular weight excluding hydrogens is 306 g/mol. The first-order chi connectivity index (χ1) is 12.2. The molecule has 25 heavy (non-hydrogen) atoms. The Labute approximate surface area is 147 Å². The molecule has 1 heterocycles. The minimum atomic E-state index is 0.543. The Balaban J connectivity index is 2.23. The Kier molecular flexibility index (Phi) is 4.50. The molecule has 0 bridgehead atoms. The van der Waals surface area contributed by atoms with Gasteiger partial charge in [0.25, 0.3) is 0 Å². The van der Waals surface area contributed by atoms with Gasteiger partial charge in [0.1, 0.15) is 0 Å². The second-order valence-corrected chi connectivity index (χ2v) is 5.78. The van der Waals surface area contributed by atoms with Crippen LogP contribution < -0.4 is 0 Å². The summed E-state index contributed by atoms with van der Waals surface area (Å²) in [6.07, 6.45) is 3.78. The Morgan fingerprint density at radius 2 is 1.96 bits per heavy atom. The maximum atomic E-state index is 9.65. The Morgan fingerprint density at radius 3 is 2.68 bits per heavy atom. The van der Waals surface area contributed by atoms with Gasteiger partial charge < -0.3 is 4.57 Å². The zero-order chi connectivity index (χ0) is 17.8. The van der Waals surface area contributed by atoms with E-state index in [0.717, 1.165) is 27.7 Å². The first-order valence-electron chi connectivity index (χ1n) is 8.00. The van der Waals surface area contributed by atoms with Crippen LogP contribution in [0.3, 0.4) is 0 Å².